The number of aliphatic imine (C=N–C) groups is 1. The van der Waals surface area contributed by atoms with Crippen molar-refractivity contribution >= 4 is 22.9 Å². The van der Waals surface area contributed by atoms with Gasteiger partial charge in [0.1, 0.15) is 6.33 Å². The largest absolute Gasteiger partial charge is 0.475 e. The van der Waals surface area contributed by atoms with E-state index in [2.05, 4.69) is 25.0 Å². The number of rotatable bonds is 4. The monoisotopic (exact) mass is 394 g/mol. The molecule has 1 unspecified atom stereocenters. The molecular weight excluding hydrogens is 385 g/mol. The predicted octanol–water partition coefficient (Wildman–Crippen LogP) is 1.94. The molecule has 27 heavy (non-hydrogen) atoms. The van der Waals surface area contributed by atoms with Crippen LogP contribution in [0, 0.1) is 0 Å². The van der Waals surface area contributed by atoms with Crippen LogP contribution in [0.1, 0.15) is 16.2 Å². The summed E-state index contributed by atoms with van der Waals surface area (Å²) < 4.78 is 49.8. The quantitative estimate of drug-likeness (QED) is 0.627. The summed E-state index contributed by atoms with van der Waals surface area (Å²) in [6.07, 6.45) is 5.36. The molecule has 138 valence electrons. The van der Waals surface area contributed by atoms with Crippen LogP contribution in [-0.4, -0.2) is 46.6 Å². The Labute approximate surface area is 152 Å². The number of benzene rings is 1. The Morgan fingerprint density at radius 2 is 1.78 bits per heavy atom. The average molecular weight is 394 g/mol. The van der Waals surface area contributed by atoms with Crippen LogP contribution >= 0.6 is 0 Å². The lowest BCUT2D eigenvalue weighted by Crippen LogP contribution is -2.16. The summed E-state index contributed by atoms with van der Waals surface area (Å²) in [6, 6.07) is 5.78. The summed E-state index contributed by atoms with van der Waals surface area (Å²) >= 11 is 0. The fraction of sp³-hybridized carbons (Fsp3) is 0.0667. The first-order valence-corrected chi connectivity index (χ1v) is 8.36. The van der Waals surface area contributed by atoms with Gasteiger partial charge in [0, 0.05) is 22.9 Å². The highest BCUT2D eigenvalue weighted by Gasteiger charge is 2.37. The van der Waals surface area contributed by atoms with Crippen LogP contribution < -0.4 is 0 Å². The Kier molecular flexibility index (Phi) is 5.16. The fourth-order valence-electron chi connectivity index (χ4n) is 1.94. The molecule has 3 rings (SSSR count). The second-order valence-electron chi connectivity index (χ2n) is 4.88. The molecule has 0 aliphatic heterocycles. The number of amides is 1. The zero-order valence-electron chi connectivity index (χ0n) is 13.2. The van der Waals surface area contributed by atoms with Crippen molar-refractivity contribution in [1.29, 1.82) is 0 Å². The standard InChI is InChI=1S/C15H9F3N6O2S/c16-15(17,18)27(26)11-4-2-10(3-5-11)13(25)21-8-12-22-9-23-24(12)14-19-6-1-7-20-14/h1-9H. The van der Waals surface area contributed by atoms with E-state index in [0.29, 0.717) is 0 Å². The van der Waals surface area contributed by atoms with Crippen LogP contribution in [0.3, 0.4) is 0 Å². The number of carbonyl (C=O) groups is 1. The first kappa shape index (κ1) is 18.5. The molecular formula is C15H9F3N6O2S. The minimum absolute atomic E-state index is 0.0243. The van der Waals surface area contributed by atoms with Crippen molar-refractivity contribution in [1.82, 2.24) is 24.7 Å². The van der Waals surface area contributed by atoms with Gasteiger partial charge < -0.3 is 0 Å². The second-order valence-corrected chi connectivity index (χ2v) is 6.35. The normalized spacial score (nSPS) is 13.0. The SMILES string of the molecule is O=C(N=Cc1ncnn1-c1ncccn1)c1ccc(S(=O)C(F)(F)F)cc1. The average Bonchev–Trinajstić information content (AvgIpc) is 3.14. The maximum absolute atomic E-state index is 12.4. The van der Waals surface area contributed by atoms with Crippen molar-refractivity contribution in [2.75, 3.05) is 0 Å². The second kappa shape index (κ2) is 7.53. The zero-order chi connectivity index (χ0) is 19.4. The number of carbonyl (C=O) groups excluding carboxylic acids is 1. The van der Waals surface area contributed by atoms with E-state index >= 15 is 0 Å². The molecule has 0 spiro atoms. The maximum atomic E-state index is 12.4. The maximum Gasteiger partial charge on any atom is 0.475 e. The van der Waals surface area contributed by atoms with Crippen molar-refractivity contribution in [3.05, 3.63) is 60.4 Å². The van der Waals surface area contributed by atoms with E-state index in [9.17, 15) is 22.2 Å². The van der Waals surface area contributed by atoms with Gasteiger partial charge in [-0.25, -0.2) is 24.2 Å². The molecule has 0 N–H and O–H groups in total. The lowest BCUT2D eigenvalue weighted by molar-refractivity contribution is -0.0384. The molecule has 8 nitrogen and oxygen atoms in total. The van der Waals surface area contributed by atoms with E-state index in [4.69, 9.17) is 0 Å². The first-order chi connectivity index (χ1) is 12.9. The Bertz CT molecular complexity index is 1000. The highest BCUT2D eigenvalue weighted by Crippen LogP contribution is 2.26. The number of halogens is 3. The summed E-state index contributed by atoms with van der Waals surface area (Å²) in [7, 11) is -3.16. The van der Waals surface area contributed by atoms with Gasteiger partial charge in [0.05, 0.1) is 6.21 Å². The number of aromatic nitrogens is 5. The molecule has 1 aromatic carbocycles. The van der Waals surface area contributed by atoms with Crippen LogP contribution in [0.15, 0.2) is 58.9 Å². The molecule has 0 saturated carbocycles. The highest BCUT2D eigenvalue weighted by atomic mass is 32.2. The van der Waals surface area contributed by atoms with Gasteiger partial charge in [-0.15, -0.1) is 0 Å². The topological polar surface area (TPSA) is 103 Å². The van der Waals surface area contributed by atoms with E-state index in [1.54, 1.807) is 6.07 Å². The van der Waals surface area contributed by atoms with Gasteiger partial charge in [0.15, 0.2) is 16.6 Å². The Balaban J connectivity index is 1.77. The number of nitrogens with zero attached hydrogens (tertiary/aromatic N) is 6. The van der Waals surface area contributed by atoms with Gasteiger partial charge in [-0.2, -0.15) is 23.0 Å². The van der Waals surface area contributed by atoms with Crippen molar-refractivity contribution in [3.8, 4) is 5.95 Å². The summed E-state index contributed by atoms with van der Waals surface area (Å²) in [5.41, 5.74) is -4.84. The van der Waals surface area contributed by atoms with Crippen LogP contribution in [-0.2, 0) is 10.8 Å². The third-order valence-electron chi connectivity index (χ3n) is 3.14. The van der Waals surface area contributed by atoms with E-state index in [0.717, 1.165) is 30.5 Å². The first-order valence-electron chi connectivity index (χ1n) is 7.21. The number of alkyl halides is 3. The van der Waals surface area contributed by atoms with Gasteiger partial charge in [-0.05, 0) is 30.3 Å². The minimum atomic E-state index is -4.87. The molecule has 0 saturated heterocycles. The van der Waals surface area contributed by atoms with Crippen molar-refractivity contribution in [3.63, 3.8) is 0 Å². The van der Waals surface area contributed by atoms with Crippen LogP contribution in [0.4, 0.5) is 13.2 Å². The van der Waals surface area contributed by atoms with Crippen molar-refractivity contribution < 1.29 is 22.2 Å². The van der Waals surface area contributed by atoms with Gasteiger partial charge in [-0.1, -0.05) is 0 Å². The van der Waals surface area contributed by atoms with Crippen molar-refractivity contribution in [2.24, 2.45) is 4.99 Å². The highest BCUT2D eigenvalue weighted by molar-refractivity contribution is 7.86. The Morgan fingerprint density at radius 1 is 1.11 bits per heavy atom. The number of hydrogen-bond donors (Lipinski definition) is 0. The number of hydrogen-bond acceptors (Lipinski definition) is 6. The molecule has 1 amide bonds. The predicted molar refractivity (Wildman–Crippen MR) is 87.8 cm³/mol. The fourth-order valence-corrected chi connectivity index (χ4v) is 2.59. The molecule has 0 fully saturated rings. The lowest BCUT2D eigenvalue weighted by atomic mass is 10.2. The third kappa shape index (κ3) is 4.28. The van der Waals surface area contributed by atoms with Crippen LogP contribution in [0.5, 0.6) is 0 Å². The third-order valence-corrected chi connectivity index (χ3v) is 4.26. The molecule has 3 aromatic rings. The van der Waals surface area contributed by atoms with E-state index in [1.807, 2.05) is 0 Å². The molecule has 12 heteroatoms. The van der Waals surface area contributed by atoms with Gasteiger partial charge in [-0.3, -0.25) is 4.79 Å². The van der Waals surface area contributed by atoms with E-state index in [1.165, 1.54) is 23.4 Å². The molecule has 2 aromatic heterocycles. The van der Waals surface area contributed by atoms with Gasteiger partial charge >= 0.3 is 5.51 Å². The smallest absolute Gasteiger partial charge is 0.267 e. The molecule has 0 aliphatic carbocycles. The molecule has 2 heterocycles. The summed E-state index contributed by atoms with van der Waals surface area (Å²) in [5.74, 6) is -0.310. The summed E-state index contributed by atoms with van der Waals surface area (Å²) in [5, 5.41) is 3.93. The van der Waals surface area contributed by atoms with Crippen LogP contribution in [0.25, 0.3) is 5.95 Å². The molecule has 1 atom stereocenters. The van der Waals surface area contributed by atoms with Gasteiger partial charge in [0.25, 0.3) is 11.9 Å². The van der Waals surface area contributed by atoms with Crippen molar-refractivity contribution in [2.45, 2.75) is 10.4 Å². The van der Waals surface area contributed by atoms with E-state index < -0.39 is 27.1 Å². The summed E-state index contributed by atoms with van der Waals surface area (Å²) in [4.78, 5) is 27.2. The molecule has 0 bridgehead atoms. The van der Waals surface area contributed by atoms with Gasteiger partial charge in [0.2, 0.25) is 0 Å². The Morgan fingerprint density at radius 3 is 2.41 bits per heavy atom. The molecule has 0 aliphatic rings. The van der Waals surface area contributed by atoms with Crippen LogP contribution in [0.2, 0.25) is 0 Å². The Hall–Kier alpha value is -3.28. The molecule has 0 radical (unpaired) electrons. The lowest BCUT2D eigenvalue weighted by Gasteiger charge is -2.06. The summed E-state index contributed by atoms with van der Waals surface area (Å²) in [6.45, 7) is 0. The minimum Gasteiger partial charge on any atom is -0.267 e. The zero-order valence-corrected chi connectivity index (χ0v) is 14.1. The van der Waals surface area contributed by atoms with E-state index in [-0.39, 0.29) is 17.3 Å².